The van der Waals surface area contributed by atoms with Crippen molar-refractivity contribution >= 4 is 12.1 Å². The molecule has 6 heteroatoms. The van der Waals surface area contributed by atoms with E-state index in [9.17, 15) is 18.7 Å². The number of carbonyl (C=O) groups is 1. The van der Waals surface area contributed by atoms with Crippen molar-refractivity contribution in [2.75, 3.05) is 6.61 Å². The number of carbonyl (C=O) groups excluding carboxylic acids is 1. The summed E-state index contributed by atoms with van der Waals surface area (Å²) in [5, 5.41) is 15.0. The molecule has 2 unspecified atom stereocenters. The van der Waals surface area contributed by atoms with Crippen molar-refractivity contribution in [2.24, 2.45) is 22.4 Å². The van der Waals surface area contributed by atoms with Gasteiger partial charge in [-0.3, -0.25) is 4.79 Å². The van der Waals surface area contributed by atoms with Gasteiger partial charge in [0.1, 0.15) is 11.6 Å². The van der Waals surface area contributed by atoms with E-state index in [4.69, 9.17) is 0 Å². The monoisotopic (exact) mass is 320 g/mol. The Morgan fingerprint density at radius 3 is 2.57 bits per heavy atom. The Morgan fingerprint density at radius 1 is 1.26 bits per heavy atom. The van der Waals surface area contributed by atoms with E-state index >= 15 is 0 Å². The van der Waals surface area contributed by atoms with Crippen LogP contribution in [0.3, 0.4) is 0 Å². The third kappa shape index (κ3) is 2.27. The quantitative estimate of drug-likeness (QED) is 0.931. The van der Waals surface area contributed by atoms with Crippen LogP contribution in [0, 0.1) is 28.9 Å². The van der Waals surface area contributed by atoms with Crippen LogP contribution < -0.4 is 0 Å². The van der Waals surface area contributed by atoms with Gasteiger partial charge in [-0.05, 0) is 48.3 Å². The zero-order valence-corrected chi connectivity index (χ0v) is 12.6. The summed E-state index contributed by atoms with van der Waals surface area (Å²) in [6.45, 7) is 0.120. The maximum Gasteiger partial charge on any atom is 0.246 e. The van der Waals surface area contributed by atoms with Crippen LogP contribution in [0.2, 0.25) is 0 Å². The number of rotatable bonds is 3. The minimum atomic E-state index is -0.651. The highest BCUT2D eigenvalue weighted by Crippen LogP contribution is 2.62. The zero-order valence-electron chi connectivity index (χ0n) is 12.6. The number of hydrazone groups is 1. The molecule has 2 bridgehead atoms. The Hall–Kier alpha value is -1.82. The molecule has 23 heavy (non-hydrogen) atoms. The number of hydrogen-bond donors (Lipinski definition) is 1. The van der Waals surface area contributed by atoms with E-state index in [0.29, 0.717) is 24.3 Å². The number of amides is 1. The smallest absolute Gasteiger partial charge is 0.246 e. The van der Waals surface area contributed by atoms with Gasteiger partial charge in [-0.15, -0.1) is 0 Å². The van der Waals surface area contributed by atoms with Gasteiger partial charge in [0.05, 0.1) is 6.04 Å². The largest absolute Gasteiger partial charge is 0.396 e. The number of aliphatic hydroxyl groups is 1. The lowest BCUT2D eigenvalue weighted by Crippen LogP contribution is -2.35. The Balaban J connectivity index is 1.56. The van der Waals surface area contributed by atoms with Gasteiger partial charge in [-0.1, -0.05) is 0 Å². The number of benzene rings is 1. The standard InChI is InChI=1S/C17H18F2N2O2/c18-12-3-10(4-13(19)5-12)15-1-2-20-21(15)16(23)14-8-17(9-22)6-11(14)7-17/h2-5,11,14-15,22H,1,6-9H2. The molecule has 0 spiro atoms. The van der Waals surface area contributed by atoms with E-state index in [1.807, 2.05) is 0 Å². The highest BCUT2D eigenvalue weighted by molar-refractivity contribution is 5.83. The molecule has 3 saturated carbocycles. The Labute approximate surface area is 132 Å². The van der Waals surface area contributed by atoms with Crippen LogP contribution >= 0.6 is 0 Å². The Morgan fingerprint density at radius 2 is 1.96 bits per heavy atom. The first kappa shape index (κ1) is 14.8. The molecular formula is C17H18F2N2O2. The second-order valence-corrected chi connectivity index (χ2v) is 7.07. The van der Waals surface area contributed by atoms with Crippen molar-refractivity contribution in [1.82, 2.24) is 5.01 Å². The van der Waals surface area contributed by atoms with Crippen LogP contribution in [0.15, 0.2) is 23.3 Å². The van der Waals surface area contributed by atoms with Crippen molar-refractivity contribution in [2.45, 2.75) is 31.7 Å². The summed E-state index contributed by atoms with van der Waals surface area (Å²) in [7, 11) is 0. The predicted octanol–water partition coefficient (Wildman–Crippen LogP) is 2.63. The van der Waals surface area contributed by atoms with Crippen LogP contribution in [-0.2, 0) is 4.79 Å². The Bertz CT molecular complexity index is 665. The van der Waals surface area contributed by atoms with Crippen LogP contribution in [0.1, 0.15) is 37.3 Å². The van der Waals surface area contributed by atoms with Crippen molar-refractivity contribution in [3.8, 4) is 0 Å². The van der Waals surface area contributed by atoms with Gasteiger partial charge in [0.25, 0.3) is 0 Å². The van der Waals surface area contributed by atoms with E-state index in [2.05, 4.69) is 5.10 Å². The topological polar surface area (TPSA) is 52.9 Å². The Kier molecular flexibility index (Phi) is 3.27. The summed E-state index contributed by atoms with van der Waals surface area (Å²) in [6, 6.07) is 2.89. The fourth-order valence-corrected chi connectivity index (χ4v) is 4.46. The van der Waals surface area contributed by atoms with Gasteiger partial charge >= 0.3 is 0 Å². The third-order valence-electron chi connectivity index (χ3n) is 5.59. The first-order valence-electron chi connectivity index (χ1n) is 7.94. The van der Waals surface area contributed by atoms with Crippen LogP contribution in [0.4, 0.5) is 8.78 Å². The SMILES string of the molecule is O=C(C1CC2(CO)CC1C2)N1N=CCC1c1cc(F)cc(F)c1. The highest BCUT2D eigenvalue weighted by atomic mass is 19.1. The summed E-state index contributed by atoms with van der Waals surface area (Å²) in [6.07, 6.45) is 4.53. The third-order valence-corrected chi connectivity index (χ3v) is 5.59. The van der Waals surface area contributed by atoms with Gasteiger partial charge in [0, 0.05) is 31.2 Å². The molecule has 1 aliphatic heterocycles. The van der Waals surface area contributed by atoms with Gasteiger partial charge in [-0.2, -0.15) is 5.10 Å². The number of aliphatic hydroxyl groups excluding tert-OH is 1. The average Bonchev–Trinajstić information content (AvgIpc) is 3.17. The van der Waals surface area contributed by atoms with Gasteiger partial charge in [0.2, 0.25) is 5.91 Å². The minimum absolute atomic E-state index is 0.0884. The molecule has 1 amide bonds. The molecule has 1 aromatic rings. The van der Waals surface area contributed by atoms with Gasteiger partial charge < -0.3 is 5.11 Å². The zero-order chi connectivity index (χ0) is 16.2. The molecule has 122 valence electrons. The van der Waals surface area contributed by atoms with Crippen LogP contribution in [0.25, 0.3) is 0 Å². The first-order valence-corrected chi connectivity index (χ1v) is 7.94. The molecule has 0 aromatic heterocycles. The molecule has 0 saturated heterocycles. The summed E-state index contributed by atoms with van der Waals surface area (Å²) < 4.78 is 26.9. The molecule has 4 nitrogen and oxygen atoms in total. The molecule has 2 atom stereocenters. The van der Waals surface area contributed by atoms with Crippen molar-refractivity contribution in [3.05, 3.63) is 35.4 Å². The molecule has 0 radical (unpaired) electrons. The molecule has 3 fully saturated rings. The number of fused-ring (bicyclic) bond motifs is 1. The number of hydrogen-bond acceptors (Lipinski definition) is 3. The van der Waals surface area contributed by atoms with Crippen molar-refractivity contribution < 1.29 is 18.7 Å². The first-order chi connectivity index (χ1) is 11.0. The van der Waals surface area contributed by atoms with Crippen LogP contribution in [-0.4, -0.2) is 28.8 Å². The van der Waals surface area contributed by atoms with E-state index in [1.165, 1.54) is 17.1 Å². The lowest BCUT2D eigenvalue weighted by molar-refractivity contribution is -0.138. The summed E-state index contributed by atoms with van der Waals surface area (Å²) in [4.78, 5) is 12.8. The molecule has 1 heterocycles. The van der Waals surface area contributed by atoms with Crippen LogP contribution in [0.5, 0.6) is 0 Å². The molecule has 1 aromatic carbocycles. The van der Waals surface area contributed by atoms with Crippen molar-refractivity contribution in [3.63, 3.8) is 0 Å². The normalized spacial score (nSPS) is 34.7. The van der Waals surface area contributed by atoms with E-state index < -0.39 is 17.7 Å². The van der Waals surface area contributed by atoms with Crippen molar-refractivity contribution in [1.29, 1.82) is 0 Å². The number of nitrogens with zero attached hydrogens (tertiary/aromatic N) is 2. The second-order valence-electron chi connectivity index (χ2n) is 7.07. The molecule has 5 rings (SSSR count). The fourth-order valence-electron chi connectivity index (χ4n) is 4.46. The lowest BCUT2D eigenvalue weighted by Gasteiger charge is -2.36. The van der Waals surface area contributed by atoms with E-state index in [0.717, 1.165) is 18.9 Å². The van der Waals surface area contributed by atoms with Gasteiger partial charge in [0.15, 0.2) is 0 Å². The number of halogens is 2. The molecule has 4 aliphatic rings. The minimum Gasteiger partial charge on any atom is -0.396 e. The van der Waals surface area contributed by atoms with Gasteiger partial charge in [-0.25, -0.2) is 13.8 Å². The van der Waals surface area contributed by atoms with E-state index in [1.54, 1.807) is 6.21 Å². The maximum absolute atomic E-state index is 13.5. The lowest BCUT2D eigenvalue weighted by atomic mass is 9.70. The highest BCUT2D eigenvalue weighted by Gasteiger charge is 2.58. The molecule has 3 aliphatic carbocycles. The van der Waals surface area contributed by atoms with E-state index in [-0.39, 0.29) is 23.8 Å². The molecule has 1 N–H and O–H groups in total. The summed E-state index contributed by atoms with van der Waals surface area (Å²) in [5.74, 6) is -1.23. The molecular weight excluding hydrogens is 302 g/mol. The fraction of sp³-hybridized carbons (Fsp3) is 0.529. The summed E-state index contributed by atoms with van der Waals surface area (Å²) in [5.41, 5.74) is 0.338. The maximum atomic E-state index is 13.5. The average molecular weight is 320 g/mol. The summed E-state index contributed by atoms with van der Waals surface area (Å²) >= 11 is 0. The second kappa shape index (κ2) is 5.09. The predicted molar refractivity (Wildman–Crippen MR) is 79.4 cm³/mol.